The standard InChI is InChI=1S/C13H18N4O3/c1-13(15)11(19)10(6-18)20-12(13)9-3-2-8-7(14)4-5-16-17(8)9/h2-5,10-12,18-19H,6,14-15H2,1H3/t10-,11-,12+,13-/m1/s1. The molecule has 1 fully saturated rings. The minimum absolute atomic E-state index is 0.288. The predicted molar refractivity (Wildman–Crippen MR) is 72.9 cm³/mol. The molecule has 7 nitrogen and oxygen atoms in total. The van der Waals surface area contributed by atoms with Crippen LogP contribution in [0.2, 0.25) is 0 Å². The highest BCUT2D eigenvalue weighted by Crippen LogP contribution is 2.40. The molecule has 0 aliphatic carbocycles. The number of nitrogens with zero attached hydrogens (tertiary/aromatic N) is 2. The second-order valence-corrected chi connectivity index (χ2v) is 5.39. The van der Waals surface area contributed by atoms with Gasteiger partial charge in [0, 0.05) is 6.20 Å². The molecular weight excluding hydrogens is 260 g/mol. The fourth-order valence-corrected chi connectivity index (χ4v) is 2.74. The predicted octanol–water partition coefficient (Wildman–Crippen LogP) is -0.573. The summed E-state index contributed by atoms with van der Waals surface area (Å²) >= 11 is 0. The van der Waals surface area contributed by atoms with Crippen molar-refractivity contribution in [3.05, 3.63) is 30.1 Å². The lowest BCUT2D eigenvalue weighted by Crippen LogP contribution is -2.51. The van der Waals surface area contributed by atoms with Crippen molar-refractivity contribution in [3.63, 3.8) is 0 Å². The minimum Gasteiger partial charge on any atom is -0.397 e. The number of aromatic nitrogens is 2. The lowest BCUT2D eigenvalue weighted by Gasteiger charge is -2.27. The fraction of sp³-hybridized carbons (Fsp3) is 0.462. The molecule has 0 spiro atoms. The van der Waals surface area contributed by atoms with E-state index in [1.165, 1.54) is 0 Å². The maximum absolute atomic E-state index is 10.1. The van der Waals surface area contributed by atoms with Crippen molar-refractivity contribution in [2.45, 2.75) is 30.8 Å². The average molecular weight is 278 g/mol. The van der Waals surface area contributed by atoms with E-state index in [1.807, 2.05) is 12.1 Å². The van der Waals surface area contributed by atoms with E-state index in [0.717, 1.165) is 5.52 Å². The molecule has 2 aromatic rings. The van der Waals surface area contributed by atoms with Gasteiger partial charge in [-0.15, -0.1) is 0 Å². The molecule has 0 unspecified atom stereocenters. The van der Waals surface area contributed by atoms with Crippen molar-refractivity contribution in [2.24, 2.45) is 5.73 Å². The van der Waals surface area contributed by atoms with Crippen LogP contribution in [0, 0.1) is 0 Å². The highest BCUT2D eigenvalue weighted by Gasteiger charge is 2.51. The maximum Gasteiger partial charge on any atom is 0.120 e. The number of hydrogen-bond acceptors (Lipinski definition) is 6. The van der Waals surface area contributed by atoms with Gasteiger partial charge in [0.25, 0.3) is 0 Å². The number of aliphatic hydroxyl groups is 2. The van der Waals surface area contributed by atoms with Crippen LogP contribution in [0.5, 0.6) is 0 Å². The number of fused-ring (bicyclic) bond motifs is 1. The molecule has 7 heteroatoms. The van der Waals surface area contributed by atoms with Crippen LogP contribution in [-0.4, -0.2) is 44.2 Å². The molecule has 0 saturated carbocycles. The summed E-state index contributed by atoms with van der Waals surface area (Å²) in [5, 5.41) is 23.7. The van der Waals surface area contributed by atoms with Crippen LogP contribution in [0.4, 0.5) is 5.69 Å². The molecular formula is C13H18N4O3. The van der Waals surface area contributed by atoms with Crippen LogP contribution < -0.4 is 11.5 Å². The Morgan fingerprint density at radius 1 is 1.45 bits per heavy atom. The lowest BCUT2D eigenvalue weighted by molar-refractivity contribution is -0.0240. The Hall–Kier alpha value is -1.67. The third-order valence-electron chi connectivity index (χ3n) is 3.93. The second kappa shape index (κ2) is 4.42. The maximum atomic E-state index is 10.1. The average Bonchev–Trinajstić information content (AvgIpc) is 2.92. The largest absolute Gasteiger partial charge is 0.397 e. The summed E-state index contributed by atoms with van der Waals surface area (Å²) in [5.41, 5.74) is 13.1. The minimum atomic E-state index is -1.02. The Kier molecular flexibility index (Phi) is 2.94. The summed E-state index contributed by atoms with van der Waals surface area (Å²) < 4.78 is 7.35. The van der Waals surface area contributed by atoms with Crippen molar-refractivity contribution >= 4 is 11.2 Å². The van der Waals surface area contributed by atoms with Gasteiger partial charge in [-0.1, -0.05) is 0 Å². The summed E-state index contributed by atoms with van der Waals surface area (Å²) in [6.07, 6.45) is -0.647. The molecule has 1 saturated heterocycles. The van der Waals surface area contributed by atoms with Crippen LogP contribution >= 0.6 is 0 Å². The molecule has 0 bridgehead atoms. The number of nitrogens with two attached hydrogens (primary N) is 2. The van der Waals surface area contributed by atoms with Crippen molar-refractivity contribution in [3.8, 4) is 0 Å². The van der Waals surface area contributed by atoms with E-state index in [2.05, 4.69) is 5.10 Å². The zero-order chi connectivity index (χ0) is 14.5. The molecule has 0 radical (unpaired) electrons. The first-order valence-electron chi connectivity index (χ1n) is 6.42. The monoisotopic (exact) mass is 278 g/mol. The van der Waals surface area contributed by atoms with Crippen molar-refractivity contribution in [1.29, 1.82) is 0 Å². The van der Waals surface area contributed by atoms with E-state index in [4.69, 9.17) is 16.2 Å². The Bertz CT molecular complexity index is 640. The fourth-order valence-electron chi connectivity index (χ4n) is 2.74. The Balaban J connectivity index is 2.10. The highest BCUT2D eigenvalue weighted by atomic mass is 16.5. The van der Waals surface area contributed by atoms with E-state index in [1.54, 1.807) is 23.7 Å². The first kappa shape index (κ1) is 13.3. The van der Waals surface area contributed by atoms with Gasteiger partial charge in [0.05, 0.1) is 29.0 Å². The number of nitrogen functional groups attached to an aromatic ring is 1. The Morgan fingerprint density at radius 2 is 2.20 bits per heavy atom. The van der Waals surface area contributed by atoms with Gasteiger partial charge in [0.2, 0.25) is 0 Å². The molecule has 6 N–H and O–H groups in total. The van der Waals surface area contributed by atoms with Gasteiger partial charge in [-0.25, -0.2) is 4.52 Å². The number of hydrogen-bond donors (Lipinski definition) is 4. The number of aliphatic hydroxyl groups excluding tert-OH is 2. The summed E-state index contributed by atoms with van der Waals surface area (Å²) in [6, 6.07) is 5.36. The van der Waals surface area contributed by atoms with Gasteiger partial charge in [0.15, 0.2) is 0 Å². The summed E-state index contributed by atoms with van der Waals surface area (Å²) in [7, 11) is 0. The molecule has 3 heterocycles. The summed E-state index contributed by atoms with van der Waals surface area (Å²) in [5.74, 6) is 0. The quantitative estimate of drug-likeness (QED) is 0.584. The molecule has 4 atom stereocenters. The van der Waals surface area contributed by atoms with E-state index >= 15 is 0 Å². The molecule has 1 aliphatic rings. The van der Waals surface area contributed by atoms with Gasteiger partial charge >= 0.3 is 0 Å². The number of ether oxygens (including phenoxy) is 1. The third-order valence-corrected chi connectivity index (χ3v) is 3.93. The van der Waals surface area contributed by atoms with Crippen LogP contribution in [0.1, 0.15) is 18.7 Å². The normalized spacial score (nSPS) is 33.9. The van der Waals surface area contributed by atoms with Gasteiger partial charge < -0.3 is 26.4 Å². The van der Waals surface area contributed by atoms with Gasteiger partial charge in [-0.2, -0.15) is 5.10 Å². The summed E-state index contributed by atoms with van der Waals surface area (Å²) in [4.78, 5) is 0. The molecule has 2 aromatic heterocycles. The van der Waals surface area contributed by atoms with Crippen molar-refractivity contribution < 1.29 is 14.9 Å². The highest BCUT2D eigenvalue weighted by molar-refractivity contribution is 5.69. The molecule has 20 heavy (non-hydrogen) atoms. The molecule has 108 valence electrons. The van der Waals surface area contributed by atoms with E-state index in [9.17, 15) is 10.2 Å². The Labute approximate surface area is 115 Å². The van der Waals surface area contributed by atoms with Crippen molar-refractivity contribution in [2.75, 3.05) is 12.3 Å². The first-order chi connectivity index (χ1) is 9.46. The summed E-state index contributed by atoms with van der Waals surface area (Å²) in [6.45, 7) is 1.41. The zero-order valence-electron chi connectivity index (χ0n) is 11.1. The molecule has 3 rings (SSSR count). The molecule has 1 aliphatic heterocycles. The van der Waals surface area contributed by atoms with E-state index in [0.29, 0.717) is 11.4 Å². The topological polar surface area (TPSA) is 119 Å². The van der Waals surface area contributed by atoms with E-state index < -0.39 is 23.9 Å². The van der Waals surface area contributed by atoms with Crippen LogP contribution in [-0.2, 0) is 4.74 Å². The van der Waals surface area contributed by atoms with Crippen molar-refractivity contribution in [1.82, 2.24) is 9.61 Å². The van der Waals surface area contributed by atoms with Gasteiger partial charge in [-0.3, -0.25) is 0 Å². The van der Waals surface area contributed by atoms with Crippen LogP contribution in [0.25, 0.3) is 5.52 Å². The molecule has 0 amide bonds. The van der Waals surface area contributed by atoms with Gasteiger partial charge in [-0.05, 0) is 25.1 Å². The molecule has 0 aromatic carbocycles. The third kappa shape index (κ3) is 1.71. The number of rotatable bonds is 2. The number of anilines is 1. The van der Waals surface area contributed by atoms with E-state index in [-0.39, 0.29) is 6.61 Å². The second-order valence-electron chi connectivity index (χ2n) is 5.39. The van der Waals surface area contributed by atoms with Gasteiger partial charge in [0.1, 0.15) is 18.3 Å². The lowest BCUT2D eigenvalue weighted by atomic mass is 9.88. The van der Waals surface area contributed by atoms with Crippen LogP contribution in [0.3, 0.4) is 0 Å². The zero-order valence-corrected chi connectivity index (χ0v) is 11.1. The van der Waals surface area contributed by atoms with Crippen LogP contribution in [0.15, 0.2) is 24.4 Å². The SMILES string of the molecule is C[C@@]1(N)[C@H](O)[C@@H](CO)O[C@H]1c1ccc2c(N)ccnn12. The smallest absolute Gasteiger partial charge is 0.120 e. The Morgan fingerprint density at radius 3 is 2.85 bits per heavy atom. The first-order valence-corrected chi connectivity index (χ1v) is 6.42.